The van der Waals surface area contributed by atoms with Gasteiger partial charge in [-0.1, -0.05) is 20.8 Å². The Morgan fingerprint density at radius 1 is 1.32 bits per heavy atom. The predicted octanol–water partition coefficient (Wildman–Crippen LogP) is 3.96. The number of carbonyl (C=O) groups is 1. The molecule has 0 unspecified atom stereocenters. The first-order chi connectivity index (χ1) is 8.82. The molecular weight excluding hydrogens is 240 g/mol. The van der Waals surface area contributed by atoms with Gasteiger partial charge in [-0.05, 0) is 40.0 Å². The summed E-state index contributed by atoms with van der Waals surface area (Å²) in [6.45, 7) is 12.9. The molecule has 4 nitrogen and oxygen atoms in total. The molecule has 1 aliphatic rings. The van der Waals surface area contributed by atoms with Crippen molar-refractivity contribution < 1.29 is 9.53 Å². The second-order valence-electron chi connectivity index (χ2n) is 5.71. The molecule has 1 aliphatic heterocycles. The van der Waals surface area contributed by atoms with E-state index in [1.807, 2.05) is 41.5 Å². The molecule has 0 radical (unpaired) electrons. The maximum atomic E-state index is 11.8. The van der Waals surface area contributed by atoms with E-state index in [0.29, 0.717) is 13.1 Å². The summed E-state index contributed by atoms with van der Waals surface area (Å²) in [5, 5.41) is 9.17. The van der Waals surface area contributed by atoms with E-state index in [-0.39, 0.29) is 11.5 Å². The molecule has 0 N–H and O–H groups in total. The Morgan fingerprint density at radius 3 is 2.11 bits per heavy atom. The minimum absolute atomic E-state index is 0.238. The Hall–Kier alpha value is -1.24. The van der Waals surface area contributed by atoms with Gasteiger partial charge in [-0.25, -0.2) is 4.79 Å². The van der Waals surface area contributed by atoms with Gasteiger partial charge in [-0.15, -0.1) is 0 Å². The van der Waals surface area contributed by atoms with E-state index in [1.165, 1.54) is 0 Å². The van der Waals surface area contributed by atoms with Crippen LogP contribution in [0.1, 0.15) is 60.8 Å². The summed E-state index contributed by atoms with van der Waals surface area (Å²) in [5.41, 5.74) is -0.690. The Kier molecular flexibility index (Phi) is 6.89. The summed E-state index contributed by atoms with van der Waals surface area (Å²) in [7, 11) is 0. The number of rotatable bonds is 1. The normalized spacial score (nSPS) is 17.8. The molecule has 0 aromatic rings. The van der Waals surface area contributed by atoms with Crippen molar-refractivity contribution in [1.82, 2.24) is 4.90 Å². The summed E-state index contributed by atoms with van der Waals surface area (Å²) in [6.07, 6.45) is 2.09. The Labute approximate surface area is 117 Å². The lowest BCUT2D eigenvalue weighted by molar-refractivity contribution is 0.0146. The van der Waals surface area contributed by atoms with Gasteiger partial charge in [0.05, 0.1) is 11.5 Å². The molecule has 0 aromatic carbocycles. The zero-order chi connectivity index (χ0) is 15.1. The van der Waals surface area contributed by atoms with E-state index in [2.05, 4.69) is 6.07 Å². The molecule has 0 aromatic heterocycles. The molecule has 1 heterocycles. The van der Waals surface area contributed by atoms with Crippen LogP contribution in [-0.2, 0) is 4.74 Å². The first-order valence-corrected chi connectivity index (χ1v) is 7.21. The zero-order valence-corrected chi connectivity index (χ0v) is 13.2. The van der Waals surface area contributed by atoms with Crippen LogP contribution in [0.15, 0.2) is 0 Å². The Balaban J connectivity index is 0.00000154. The van der Waals surface area contributed by atoms with Gasteiger partial charge in [0.15, 0.2) is 0 Å². The average molecular weight is 268 g/mol. The molecular formula is C15H28N2O2. The molecule has 0 aliphatic carbocycles. The smallest absolute Gasteiger partial charge is 0.410 e. The fourth-order valence-corrected chi connectivity index (χ4v) is 1.99. The molecule has 4 heteroatoms. The number of hydrogen-bond donors (Lipinski definition) is 0. The number of ether oxygens (including phenoxy) is 1. The van der Waals surface area contributed by atoms with Crippen LogP contribution in [0.5, 0.6) is 0 Å². The van der Waals surface area contributed by atoms with Gasteiger partial charge < -0.3 is 9.64 Å². The zero-order valence-electron chi connectivity index (χ0n) is 13.2. The molecule has 0 bridgehead atoms. The maximum absolute atomic E-state index is 11.8. The lowest BCUT2D eigenvalue weighted by atomic mass is 9.78. The van der Waals surface area contributed by atoms with Crippen molar-refractivity contribution in [3.8, 4) is 6.07 Å². The largest absolute Gasteiger partial charge is 0.444 e. The standard InChI is InChI=1S/C13H22N2O2.C2H6/c1-5-13(10-14)6-8-15(9-7-13)11(16)17-12(2,3)4;1-2/h5-9H2,1-4H3;1-2H3. The lowest BCUT2D eigenvalue weighted by Gasteiger charge is -2.37. The lowest BCUT2D eigenvalue weighted by Crippen LogP contribution is -2.44. The molecule has 0 atom stereocenters. The van der Waals surface area contributed by atoms with E-state index in [1.54, 1.807) is 4.90 Å². The highest BCUT2D eigenvalue weighted by Gasteiger charge is 2.35. The monoisotopic (exact) mass is 268 g/mol. The summed E-state index contributed by atoms with van der Waals surface area (Å²) < 4.78 is 5.32. The van der Waals surface area contributed by atoms with Crippen LogP contribution in [0.2, 0.25) is 0 Å². The van der Waals surface area contributed by atoms with Crippen molar-refractivity contribution >= 4 is 6.09 Å². The minimum atomic E-state index is -0.453. The summed E-state index contributed by atoms with van der Waals surface area (Å²) >= 11 is 0. The molecule has 19 heavy (non-hydrogen) atoms. The molecule has 1 saturated heterocycles. The third kappa shape index (κ3) is 5.50. The van der Waals surface area contributed by atoms with Crippen LogP contribution < -0.4 is 0 Å². The third-order valence-electron chi connectivity index (χ3n) is 3.29. The molecule has 0 spiro atoms. The van der Waals surface area contributed by atoms with E-state index in [0.717, 1.165) is 19.3 Å². The van der Waals surface area contributed by atoms with Crippen LogP contribution in [-0.4, -0.2) is 29.7 Å². The minimum Gasteiger partial charge on any atom is -0.444 e. The first kappa shape index (κ1) is 17.8. The SMILES string of the molecule is CC.CCC1(C#N)CCN(C(=O)OC(C)(C)C)CC1. The number of amides is 1. The summed E-state index contributed by atoms with van der Waals surface area (Å²) in [5.74, 6) is 0. The fraction of sp³-hybridized carbons (Fsp3) is 0.867. The number of likely N-dealkylation sites (tertiary alicyclic amines) is 1. The van der Waals surface area contributed by atoms with Crippen molar-refractivity contribution in [3.63, 3.8) is 0 Å². The Bertz CT molecular complexity index is 318. The topological polar surface area (TPSA) is 53.3 Å². The van der Waals surface area contributed by atoms with E-state index in [9.17, 15) is 4.79 Å². The average Bonchev–Trinajstić information content (AvgIpc) is 2.39. The van der Waals surface area contributed by atoms with Gasteiger partial charge in [-0.2, -0.15) is 5.26 Å². The van der Waals surface area contributed by atoms with Crippen molar-refractivity contribution in [2.75, 3.05) is 13.1 Å². The van der Waals surface area contributed by atoms with Crippen LogP contribution in [0, 0.1) is 16.7 Å². The number of nitrogens with zero attached hydrogens (tertiary/aromatic N) is 2. The van der Waals surface area contributed by atoms with Crippen molar-refractivity contribution in [2.45, 2.75) is 66.4 Å². The van der Waals surface area contributed by atoms with Gasteiger partial charge in [0.25, 0.3) is 0 Å². The fourth-order valence-electron chi connectivity index (χ4n) is 1.99. The van der Waals surface area contributed by atoms with Crippen LogP contribution >= 0.6 is 0 Å². The predicted molar refractivity (Wildman–Crippen MR) is 76.7 cm³/mol. The van der Waals surface area contributed by atoms with Crippen LogP contribution in [0.25, 0.3) is 0 Å². The number of nitriles is 1. The molecule has 1 rings (SSSR count). The van der Waals surface area contributed by atoms with Gasteiger partial charge >= 0.3 is 6.09 Å². The summed E-state index contributed by atoms with van der Waals surface area (Å²) in [6, 6.07) is 2.40. The second kappa shape index (κ2) is 7.37. The van der Waals surface area contributed by atoms with Gasteiger partial charge in [0.1, 0.15) is 5.60 Å². The number of carbonyl (C=O) groups excluding carboxylic acids is 1. The van der Waals surface area contributed by atoms with Crippen LogP contribution in [0.3, 0.4) is 0 Å². The molecule has 1 fully saturated rings. The quantitative estimate of drug-likeness (QED) is 0.723. The van der Waals surface area contributed by atoms with E-state index >= 15 is 0 Å². The van der Waals surface area contributed by atoms with Crippen LogP contribution in [0.4, 0.5) is 4.79 Å². The van der Waals surface area contributed by atoms with Crippen molar-refractivity contribution in [2.24, 2.45) is 5.41 Å². The van der Waals surface area contributed by atoms with Gasteiger partial charge in [-0.3, -0.25) is 0 Å². The number of piperidine rings is 1. The highest BCUT2D eigenvalue weighted by Crippen LogP contribution is 2.34. The molecule has 0 saturated carbocycles. The molecule has 1 amide bonds. The molecule has 110 valence electrons. The third-order valence-corrected chi connectivity index (χ3v) is 3.29. The van der Waals surface area contributed by atoms with E-state index < -0.39 is 5.60 Å². The van der Waals surface area contributed by atoms with Crippen molar-refractivity contribution in [1.29, 1.82) is 5.26 Å². The van der Waals surface area contributed by atoms with Gasteiger partial charge in [0, 0.05) is 13.1 Å². The summed E-state index contributed by atoms with van der Waals surface area (Å²) in [4.78, 5) is 13.5. The van der Waals surface area contributed by atoms with E-state index in [4.69, 9.17) is 10.00 Å². The highest BCUT2D eigenvalue weighted by atomic mass is 16.6. The Morgan fingerprint density at radius 2 is 1.79 bits per heavy atom. The van der Waals surface area contributed by atoms with Crippen molar-refractivity contribution in [3.05, 3.63) is 0 Å². The highest BCUT2D eigenvalue weighted by molar-refractivity contribution is 5.68. The van der Waals surface area contributed by atoms with Gasteiger partial charge in [0.2, 0.25) is 0 Å². The maximum Gasteiger partial charge on any atom is 0.410 e. The number of hydrogen-bond acceptors (Lipinski definition) is 3. The first-order valence-electron chi connectivity index (χ1n) is 7.21. The second-order valence-corrected chi connectivity index (χ2v) is 5.71.